The lowest BCUT2D eigenvalue weighted by molar-refractivity contribution is -0.00461. The van der Waals surface area contributed by atoms with E-state index >= 15 is 0 Å². The molecule has 3 unspecified atom stereocenters. The average molecular weight is 292 g/mol. The zero-order chi connectivity index (χ0) is 15.2. The van der Waals surface area contributed by atoms with Gasteiger partial charge in [0.2, 0.25) is 0 Å². The summed E-state index contributed by atoms with van der Waals surface area (Å²) in [5.74, 6) is 0. The van der Waals surface area contributed by atoms with Crippen molar-refractivity contribution in [3.8, 4) is 0 Å². The molecule has 1 aliphatic rings. The summed E-state index contributed by atoms with van der Waals surface area (Å²) in [6.45, 7) is 7.14. The number of methoxy groups -OCH3 is 2. The number of nitrogens with zero attached hydrogens (tertiary/aromatic N) is 1. The number of rotatable bonds is 7. The quantitative estimate of drug-likeness (QED) is 0.837. The van der Waals surface area contributed by atoms with E-state index in [-0.39, 0.29) is 12.2 Å². The van der Waals surface area contributed by atoms with Crippen LogP contribution in [0.3, 0.4) is 0 Å². The Morgan fingerprint density at radius 3 is 2.10 bits per heavy atom. The Bertz CT molecular complexity index is 409. The van der Waals surface area contributed by atoms with Gasteiger partial charge in [-0.2, -0.15) is 0 Å². The van der Waals surface area contributed by atoms with Gasteiger partial charge < -0.3 is 19.7 Å². The first kappa shape index (κ1) is 16.3. The summed E-state index contributed by atoms with van der Waals surface area (Å²) in [6, 6.07) is 9.32. The topological polar surface area (TPSA) is 33.7 Å². The van der Waals surface area contributed by atoms with Crippen LogP contribution >= 0.6 is 0 Å². The Hall–Kier alpha value is -1.10. The molecule has 0 saturated carbocycles. The van der Waals surface area contributed by atoms with Crippen molar-refractivity contribution < 1.29 is 9.47 Å². The summed E-state index contributed by atoms with van der Waals surface area (Å²) in [5.41, 5.74) is 2.60. The molecule has 1 aliphatic heterocycles. The van der Waals surface area contributed by atoms with Crippen LogP contribution in [0.2, 0.25) is 0 Å². The van der Waals surface area contributed by atoms with E-state index in [0.717, 1.165) is 26.1 Å². The van der Waals surface area contributed by atoms with E-state index in [1.54, 1.807) is 14.2 Å². The number of hydrogen-bond acceptors (Lipinski definition) is 4. The Kier molecular flexibility index (Phi) is 6.03. The standard InChI is InChI=1S/C17H28N2O2/c1-5-15(18-6-2)13-7-9-14(10-8-13)19-11-16(20-3)17(12-19)21-4/h7-10,15-18H,5-6,11-12H2,1-4H3. The molecule has 1 aromatic rings. The van der Waals surface area contributed by atoms with Crippen LogP contribution in [0.25, 0.3) is 0 Å². The van der Waals surface area contributed by atoms with Gasteiger partial charge in [-0.3, -0.25) is 0 Å². The number of benzene rings is 1. The van der Waals surface area contributed by atoms with Gasteiger partial charge in [0, 0.05) is 39.0 Å². The minimum atomic E-state index is 0.153. The van der Waals surface area contributed by atoms with E-state index < -0.39 is 0 Å². The normalized spacial score (nSPS) is 23.5. The fourth-order valence-corrected chi connectivity index (χ4v) is 3.07. The molecule has 1 fully saturated rings. The van der Waals surface area contributed by atoms with Gasteiger partial charge >= 0.3 is 0 Å². The SMILES string of the molecule is CCNC(CC)c1ccc(N2CC(OC)C(OC)C2)cc1. The third kappa shape index (κ3) is 3.76. The van der Waals surface area contributed by atoms with E-state index in [1.165, 1.54) is 11.3 Å². The van der Waals surface area contributed by atoms with Crippen LogP contribution in [-0.4, -0.2) is 46.1 Å². The maximum atomic E-state index is 5.50. The summed E-state index contributed by atoms with van der Waals surface area (Å²) in [7, 11) is 3.51. The van der Waals surface area contributed by atoms with Crippen molar-refractivity contribution in [3.63, 3.8) is 0 Å². The minimum Gasteiger partial charge on any atom is -0.377 e. The first-order chi connectivity index (χ1) is 10.2. The molecule has 1 N–H and O–H groups in total. The van der Waals surface area contributed by atoms with Gasteiger partial charge in [0.05, 0.1) is 0 Å². The zero-order valence-electron chi connectivity index (χ0n) is 13.6. The number of nitrogens with one attached hydrogen (secondary N) is 1. The second kappa shape index (κ2) is 7.78. The Balaban J connectivity index is 2.05. The lowest BCUT2D eigenvalue weighted by atomic mass is 10.0. The summed E-state index contributed by atoms with van der Waals surface area (Å²) in [5, 5.41) is 3.52. The maximum absolute atomic E-state index is 5.50. The number of hydrogen-bond donors (Lipinski definition) is 1. The van der Waals surface area contributed by atoms with Crippen LogP contribution in [-0.2, 0) is 9.47 Å². The van der Waals surface area contributed by atoms with Crippen LogP contribution in [0.1, 0.15) is 31.9 Å². The smallest absolute Gasteiger partial charge is 0.102 e. The van der Waals surface area contributed by atoms with Crippen molar-refractivity contribution in [1.82, 2.24) is 5.32 Å². The molecule has 0 radical (unpaired) electrons. The molecule has 0 amide bonds. The molecule has 4 nitrogen and oxygen atoms in total. The molecule has 1 heterocycles. The lowest BCUT2D eigenvalue weighted by Gasteiger charge is -2.20. The Morgan fingerprint density at radius 1 is 1.10 bits per heavy atom. The molecule has 1 aromatic carbocycles. The van der Waals surface area contributed by atoms with Crippen LogP contribution in [0.5, 0.6) is 0 Å². The van der Waals surface area contributed by atoms with Crippen molar-refractivity contribution >= 4 is 5.69 Å². The van der Waals surface area contributed by atoms with Gasteiger partial charge in [0.15, 0.2) is 0 Å². The summed E-state index contributed by atoms with van der Waals surface area (Å²) >= 11 is 0. The average Bonchev–Trinajstić information content (AvgIpc) is 2.96. The summed E-state index contributed by atoms with van der Waals surface area (Å²) in [4.78, 5) is 2.33. The molecule has 0 spiro atoms. The van der Waals surface area contributed by atoms with E-state index in [9.17, 15) is 0 Å². The summed E-state index contributed by atoms with van der Waals surface area (Å²) in [6.07, 6.45) is 1.41. The lowest BCUT2D eigenvalue weighted by Crippen LogP contribution is -2.27. The Labute approximate surface area is 128 Å². The van der Waals surface area contributed by atoms with E-state index in [2.05, 4.69) is 48.3 Å². The van der Waals surface area contributed by atoms with Crippen molar-refractivity contribution in [2.45, 2.75) is 38.5 Å². The highest BCUT2D eigenvalue weighted by Crippen LogP contribution is 2.25. The third-order valence-electron chi connectivity index (χ3n) is 4.34. The highest BCUT2D eigenvalue weighted by molar-refractivity contribution is 5.49. The fourth-order valence-electron chi connectivity index (χ4n) is 3.07. The van der Waals surface area contributed by atoms with Gasteiger partial charge in [-0.05, 0) is 30.7 Å². The van der Waals surface area contributed by atoms with Gasteiger partial charge in [0.25, 0.3) is 0 Å². The number of ether oxygens (including phenoxy) is 2. The van der Waals surface area contributed by atoms with Crippen LogP contribution in [0.4, 0.5) is 5.69 Å². The molecule has 118 valence electrons. The Morgan fingerprint density at radius 2 is 1.67 bits per heavy atom. The highest BCUT2D eigenvalue weighted by Gasteiger charge is 2.32. The second-order valence-corrected chi connectivity index (χ2v) is 5.56. The van der Waals surface area contributed by atoms with Gasteiger partial charge in [-0.15, -0.1) is 0 Å². The molecule has 2 rings (SSSR count). The van der Waals surface area contributed by atoms with Crippen molar-refractivity contribution in [3.05, 3.63) is 29.8 Å². The molecular formula is C17H28N2O2. The van der Waals surface area contributed by atoms with Crippen molar-refractivity contribution in [1.29, 1.82) is 0 Å². The molecule has 0 aliphatic carbocycles. The van der Waals surface area contributed by atoms with Crippen LogP contribution < -0.4 is 10.2 Å². The maximum Gasteiger partial charge on any atom is 0.102 e. The predicted molar refractivity (Wildman–Crippen MR) is 87.0 cm³/mol. The molecule has 3 atom stereocenters. The molecule has 0 aromatic heterocycles. The monoisotopic (exact) mass is 292 g/mol. The zero-order valence-corrected chi connectivity index (χ0v) is 13.6. The summed E-state index contributed by atoms with van der Waals surface area (Å²) < 4.78 is 11.0. The van der Waals surface area contributed by atoms with E-state index in [1.807, 2.05) is 0 Å². The van der Waals surface area contributed by atoms with Crippen LogP contribution in [0, 0.1) is 0 Å². The first-order valence-corrected chi connectivity index (χ1v) is 7.87. The van der Waals surface area contributed by atoms with Gasteiger partial charge in [-0.1, -0.05) is 26.0 Å². The van der Waals surface area contributed by atoms with Crippen molar-refractivity contribution in [2.75, 3.05) is 38.8 Å². The van der Waals surface area contributed by atoms with Gasteiger partial charge in [0.1, 0.15) is 12.2 Å². The van der Waals surface area contributed by atoms with E-state index in [0.29, 0.717) is 6.04 Å². The largest absolute Gasteiger partial charge is 0.377 e. The molecule has 4 heteroatoms. The number of anilines is 1. The fraction of sp³-hybridized carbons (Fsp3) is 0.647. The molecule has 21 heavy (non-hydrogen) atoms. The second-order valence-electron chi connectivity index (χ2n) is 5.56. The van der Waals surface area contributed by atoms with E-state index in [4.69, 9.17) is 9.47 Å². The van der Waals surface area contributed by atoms with Crippen molar-refractivity contribution in [2.24, 2.45) is 0 Å². The highest BCUT2D eigenvalue weighted by atomic mass is 16.5. The third-order valence-corrected chi connectivity index (χ3v) is 4.34. The first-order valence-electron chi connectivity index (χ1n) is 7.87. The van der Waals surface area contributed by atoms with Gasteiger partial charge in [-0.25, -0.2) is 0 Å². The van der Waals surface area contributed by atoms with Crippen LogP contribution in [0.15, 0.2) is 24.3 Å². The predicted octanol–water partition coefficient (Wildman–Crippen LogP) is 2.60. The minimum absolute atomic E-state index is 0.153. The molecule has 1 saturated heterocycles. The molecule has 0 bridgehead atoms. The molecular weight excluding hydrogens is 264 g/mol.